The first kappa shape index (κ1) is 6.68. The molecule has 0 unspecified atom stereocenters. The Morgan fingerprint density at radius 1 is 0.875 bits per heavy atom. The minimum atomic E-state index is 0.502. The van der Waals surface area contributed by atoms with Crippen molar-refractivity contribution in [3.63, 3.8) is 0 Å². The van der Waals surface area contributed by atoms with E-state index in [1.165, 1.54) is 0 Å². The molecule has 0 aliphatic rings. The van der Waals surface area contributed by atoms with Gasteiger partial charge in [-0.15, -0.1) is 12.8 Å². The van der Waals surface area contributed by atoms with Crippen LogP contribution < -0.4 is 0 Å². The number of hydrogen-bond donors (Lipinski definition) is 0. The van der Waals surface area contributed by atoms with E-state index in [0.717, 1.165) is 0 Å². The van der Waals surface area contributed by atoms with Crippen LogP contribution in [0, 0.1) is 36.5 Å². The van der Waals surface area contributed by atoms with E-state index in [2.05, 4.69) is 23.7 Å². The largest absolute Gasteiger partial charge is 0.119 e. The lowest BCUT2D eigenvalue weighted by molar-refractivity contribution is 1.50. The molecule has 0 N–H and O–H groups in total. The Balaban J connectivity index is 3.28. The average Bonchev–Trinajstić information content (AvgIpc) is 1.81. The van der Waals surface area contributed by atoms with Crippen LogP contribution in [0.5, 0.6) is 0 Å². The van der Waals surface area contributed by atoms with Gasteiger partial charge in [-0.05, 0) is 0 Å². The van der Waals surface area contributed by atoms with Gasteiger partial charge in [-0.1, -0.05) is 23.7 Å². The Morgan fingerprint density at radius 2 is 1.25 bits per heavy atom. The Bertz CT molecular complexity index is 155. The van der Waals surface area contributed by atoms with Crippen LogP contribution in [0.4, 0.5) is 0 Å². The van der Waals surface area contributed by atoms with E-state index >= 15 is 0 Å². The summed E-state index contributed by atoms with van der Waals surface area (Å²) in [4.78, 5) is 0. The second-order valence-electron chi connectivity index (χ2n) is 1.12. The van der Waals surface area contributed by atoms with Gasteiger partial charge in [-0.3, -0.25) is 0 Å². The van der Waals surface area contributed by atoms with Crippen molar-refractivity contribution in [1.82, 2.24) is 0 Å². The first-order valence-corrected chi connectivity index (χ1v) is 2.24. The summed E-state index contributed by atoms with van der Waals surface area (Å²) in [6.07, 6.45) is 10.8. The molecule has 0 amide bonds. The van der Waals surface area contributed by atoms with E-state index in [1.807, 2.05) is 0 Å². The molecule has 38 valence electrons. The molecule has 0 aliphatic carbocycles. The zero-order valence-corrected chi connectivity index (χ0v) is 4.57. The maximum Gasteiger partial charge on any atom is 0.0700 e. The summed E-state index contributed by atoms with van der Waals surface area (Å²) in [5, 5.41) is 0. The van der Waals surface area contributed by atoms with Crippen LogP contribution in [0.15, 0.2) is 0 Å². The van der Waals surface area contributed by atoms with Crippen molar-refractivity contribution in [3.05, 3.63) is 0 Å². The van der Waals surface area contributed by atoms with Crippen LogP contribution in [0.25, 0.3) is 0 Å². The van der Waals surface area contributed by atoms with E-state index in [0.29, 0.717) is 12.8 Å². The normalized spacial score (nSPS) is 5.25. The van der Waals surface area contributed by atoms with E-state index in [1.54, 1.807) is 0 Å². The number of rotatable bonds is 0. The average molecular weight is 102 g/mol. The third kappa shape index (κ3) is 4.68. The van der Waals surface area contributed by atoms with Crippen molar-refractivity contribution in [3.8, 4) is 36.5 Å². The molecule has 0 radical (unpaired) electrons. The molecule has 0 saturated heterocycles. The van der Waals surface area contributed by atoms with Crippen LogP contribution in [0.3, 0.4) is 0 Å². The van der Waals surface area contributed by atoms with Gasteiger partial charge in [-0.2, -0.15) is 0 Å². The van der Waals surface area contributed by atoms with Gasteiger partial charge < -0.3 is 0 Å². The van der Waals surface area contributed by atoms with Crippen molar-refractivity contribution in [2.75, 3.05) is 0 Å². The van der Waals surface area contributed by atoms with Gasteiger partial charge in [0.2, 0.25) is 0 Å². The Labute approximate surface area is 50.3 Å². The summed E-state index contributed by atoms with van der Waals surface area (Å²) in [6, 6.07) is 0. The smallest absolute Gasteiger partial charge is 0.0700 e. The van der Waals surface area contributed by atoms with Crippen molar-refractivity contribution < 1.29 is 0 Å². The molecule has 0 aromatic rings. The molecule has 0 heterocycles. The second kappa shape index (κ2) is 5.68. The monoisotopic (exact) mass is 102 g/mol. The third-order valence-corrected chi connectivity index (χ3v) is 0.506. The molecule has 0 rings (SSSR count). The summed E-state index contributed by atoms with van der Waals surface area (Å²) in [5.74, 6) is 10.2. The predicted molar refractivity (Wildman–Crippen MR) is 34.7 cm³/mol. The molecular weight excluding hydrogens is 96.1 g/mol. The predicted octanol–water partition coefficient (Wildman–Crippen LogP) is 1.04. The zero-order chi connectivity index (χ0) is 6.24. The first-order valence-electron chi connectivity index (χ1n) is 2.24. The van der Waals surface area contributed by atoms with Crippen LogP contribution in [-0.4, -0.2) is 0 Å². The zero-order valence-electron chi connectivity index (χ0n) is 4.57. The second-order valence-corrected chi connectivity index (χ2v) is 1.12. The topological polar surface area (TPSA) is 0 Å². The van der Waals surface area contributed by atoms with E-state index < -0.39 is 0 Å². The van der Waals surface area contributed by atoms with Gasteiger partial charge in [0.1, 0.15) is 0 Å². The van der Waals surface area contributed by atoms with Gasteiger partial charge in [0.05, 0.1) is 12.8 Å². The quantitative estimate of drug-likeness (QED) is 0.401. The van der Waals surface area contributed by atoms with E-state index in [4.69, 9.17) is 12.8 Å². The summed E-state index contributed by atoms with van der Waals surface area (Å²) < 4.78 is 0. The van der Waals surface area contributed by atoms with Crippen LogP contribution in [0.1, 0.15) is 12.8 Å². The molecule has 0 aromatic heterocycles. The summed E-state index contributed by atoms with van der Waals surface area (Å²) >= 11 is 0. The van der Waals surface area contributed by atoms with E-state index in [9.17, 15) is 0 Å². The highest BCUT2D eigenvalue weighted by atomic mass is 13.7. The van der Waals surface area contributed by atoms with Gasteiger partial charge in [0.15, 0.2) is 0 Å². The summed E-state index contributed by atoms with van der Waals surface area (Å²) in [5.41, 5.74) is 0. The van der Waals surface area contributed by atoms with Gasteiger partial charge in [0, 0.05) is 0 Å². The minimum absolute atomic E-state index is 0.502. The highest BCUT2D eigenvalue weighted by Crippen LogP contribution is 1.70. The molecule has 0 spiro atoms. The van der Waals surface area contributed by atoms with Crippen molar-refractivity contribution in [2.24, 2.45) is 0 Å². The maximum atomic E-state index is 4.91. The van der Waals surface area contributed by atoms with Crippen LogP contribution >= 0.6 is 0 Å². The van der Waals surface area contributed by atoms with Gasteiger partial charge in [0.25, 0.3) is 0 Å². The Hall–Kier alpha value is -1.32. The maximum absolute atomic E-state index is 4.91. The standard InChI is InChI=1S/C8H6/c1-3-5-7-8-6-4-2/h1-2H,5-6H2. The number of hydrogen-bond acceptors (Lipinski definition) is 0. The van der Waals surface area contributed by atoms with Crippen LogP contribution in [0.2, 0.25) is 0 Å². The minimum Gasteiger partial charge on any atom is -0.119 e. The lowest BCUT2D eigenvalue weighted by Crippen LogP contribution is -1.58. The fourth-order valence-corrected chi connectivity index (χ4v) is 0.227. The lowest BCUT2D eigenvalue weighted by atomic mass is 10.4. The lowest BCUT2D eigenvalue weighted by Gasteiger charge is -1.67. The first-order chi connectivity index (χ1) is 3.91. The molecule has 0 bridgehead atoms. The van der Waals surface area contributed by atoms with Gasteiger partial charge in [-0.25, -0.2) is 0 Å². The van der Waals surface area contributed by atoms with Crippen LogP contribution in [-0.2, 0) is 0 Å². The Kier molecular flexibility index (Phi) is 4.74. The van der Waals surface area contributed by atoms with Gasteiger partial charge >= 0.3 is 0 Å². The molecule has 0 fully saturated rings. The summed E-state index contributed by atoms with van der Waals surface area (Å²) in [7, 11) is 0. The summed E-state index contributed by atoms with van der Waals surface area (Å²) in [6.45, 7) is 0. The third-order valence-electron chi connectivity index (χ3n) is 0.506. The SMILES string of the molecule is C#CCC#CCC#C. The fourth-order valence-electron chi connectivity index (χ4n) is 0.227. The van der Waals surface area contributed by atoms with Crippen molar-refractivity contribution in [1.29, 1.82) is 0 Å². The highest BCUT2D eigenvalue weighted by molar-refractivity contribution is 5.11. The highest BCUT2D eigenvalue weighted by Gasteiger charge is 1.62. The molecule has 0 atom stereocenters. The Morgan fingerprint density at radius 3 is 1.50 bits per heavy atom. The molecule has 0 saturated carbocycles. The number of terminal acetylenes is 2. The molecule has 0 nitrogen and oxygen atoms in total. The molecule has 8 heavy (non-hydrogen) atoms. The molecule has 0 aliphatic heterocycles. The molecular formula is C8H6. The molecule has 0 aromatic carbocycles. The van der Waals surface area contributed by atoms with Crippen molar-refractivity contribution >= 4 is 0 Å². The van der Waals surface area contributed by atoms with E-state index in [-0.39, 0.29) is 0 Å². The van der Waals surface area contributed by atoms with Crippen molar-refractivity contribution in [2.45, 2.75) is 12.8 Å². The molecule has 0 heteroatoms. The fraction of sp³-hybridized carbons (Fsp3) is 0.250.